The number of nitrogens with two attached hydrogens (primary N) is 3. The number of hydrogen-bond acceptors (Lipinski definition) is 9. The highest BCUT2D eigenvalue weighted by atomic mass is 32.2. The summed E-state index contributed by atoms with van der Waals surface area (Å²) in [6.45, 7) is 0.375. The van der Waals surface area contributed by atoms with Gasteiger partial charge in [0.2, 0.25) is 23.6 Å². The van der Waals surface area contributed by atoms with Crippen molar-refractivity contribution < 1.29 is 39.0 Å². The van der Waals surface area contributed by atoms with Gasteiger partial charge in [0.1, 0.15) is 18.1 Å². The molecule has 4 amide bonds. The molecule has 200 valence electrons. The van der Waals surface area contributed by atoms with Crippen molar-refractivity contribution in [3.63, 3.8) is 0 Å². The summed E-state index contributed by atoms with van der Waals surface area (Å²) in [4.78, 5) is 71.5. The number of carboxylic acids is 2. The molecule has 15 heteroatoms. The molecular formula is C20H36N6O8S. The Bertz CT molecular complexity index is 753. The minimum Gasteiger partial charge on any atom is -0.481 e. The van der Waals surface area contributed by atoms with Gasteiger partial charge in [0, 0.05) is 6.42 Å². The Hall–Kier alpha value is -2.91. The first-order valence-corrected chi connectivity index (χ1v) is 12.4. The molecule has 0 radical (unpaired) electrons. The fourth-order valence-electron chi connectivity index (χ4n) is 2.90. The van der Waals surface area contributed by atoms with E-state index in [4.69, 9.17) is 22.3 Å². The van der Waals surface area contributed by atoms with E-state index in [2.05, 4.69) is 16.0 Å². The summed E-state index contributed by atoms with van der Waals surface area (Å²) in [5, 5.41) is 25.2. The third-order valence-corrected chi connectivity index (χ3v) is 5.49. The van der Waals surface area contributed by atoms with Crippen LogP contribution < -0.4 is 33.2 Å². The summed E-state index contributed by atoms with van der Waals surface area (Å²) in [5.74, 6) is -5.39. The minimum absolute atomic E-state index is 0.142. The van der Waals surface area contributed by atoms with Crippen LogP contribution in [0.5, 0.6) is 0 Å². The van der Waals surface area contributed by atoms with E-state index in [-0.39, 0.29) is 25.7 Å². The average molecular weight is 521 g/mol. The fourth-order valence-corrected chi connectivity index (χ4v) is 3.37. The first-order chi connectivity index (χ1) is 16.4. The molecule has 0 bridgehead atoms. The van der Waals surface area contributed by atoms with Crippen LogP contribution in [0.15, 0.2) is 0 Å². The van der Waals surface area contributed by atoms with Crippen molar-refractivity contribution in [3.05, 3.63) is 0 Å². The fraction of sp³-hybridized carbons (Fsp3) is 0.700. The summed E-state index contributed by atoms with van der Waals surface area (Å²) in [5.41, 5.74) is 16.2. The standard InChI is InChI=1S/C20H36N6O8S/c1-35-9-7-12(18(31)25-13(20(33)34)4-2-3-8-21)24-19(32)14(10-15(23)27)26-17(30)11(22)5-6-16(28)29/h11-14H,2-10,21-22H2,1H3,(H2,23,27)(H,24,32)(H,25,31)(H,26,30)(H,28,29)(H,33,34). The molecule has 0 aromatic heterocycles. The minimum atomic E-state index is -1.47. The van der Waals surface area contributed by atoms with Crippen LogP contribution in [0.1, 0.15) is 44.9 Å². The molecule has 0 aliphatic heterocycles. The Morgan fingerprint density at radius 3 is 1.91 bits per heavy atom. The van der Waals surface area contributed by atoms with Crippen molar-refractivity contribution in [2.75, 3.05) is 18.6 Å². The van der Waals surface area contributed by atoms with Crippen LogP contribution >= 0.6 is 11.8 Å². The van der Waals surface area contributed by atoms with Crippen molar-refractivity contribution in [3.8, 4) is 0 Å². The Labute approximate surface area is 207 Å². The van der Waals surface area contributed by atoms with Crippen molar-refractivity contribution >= 4 is 47.3 Å². The zero-order valence-electron chi connectivity index (χ0n) is 19.7. The van der Waals surface area contributed by atoms with E-state index in [9.17, 15) is 33.9 Å². The second kappa shape index (κ2) is 17.5. The number of hydrogen-bond donors (Lipinski definition) is 8. The molecule has 4 atom stereocenters. The lowest BCUT2D eigenvalue weighted by Crippen LogP contribution is -2.57. The molecule has 0 aliphatic carbocycles. The van der Waals surface area contributed by atoms with E-state index < -0.39 is 66.2 Å². The zero-order valence-corrected chi connectivity index (χ0v) is 20.5. The molecule has 14 nitrogen and oxygen atoms in total. The molecule has 11 N–H and O–H groups in total. The van der Waals surface area contributed by atoms with Gasteiger partial charge >= 0.3 is 11.9 Å². The number of nitrogens with one attached hydrogen (secondary N) is 3. The summed E-state index contributed by atoms with van der Waals surface area (Å²) < 4.78 is 0. The van der Waals surface area contributed by atoms with Crippen molar-refractivity contribution in [2.45, 2.75) is 69.1 Å². The second-order valence-corrected chi connectivity index (χ2v) is 8.78. The van der Waals surface area contributed by atoms with Gasteiger partial charge in [0.05, 0.1) is 12.5 Å². The molecule has 0 heterocycles. The predicted molar refractivity (Wildman–Crippen MR) is 128 cm³/mol. The summed E-state index contributed by atoms with van der Waals surface area (Å²) >= 11 is 1.39. The zero-order chi connectivity index (χ0) is 27.0. The van der Waals surface area contributed by atoms with Crippen molar-refractivity contribution in [1.29, 1.82) is 0 Å². The first kappa shape index (κ1) is 32.1. The third-order valence-electron chi connectivity index (χ3n) is 4.85. The number of amides is 4. The topological polar surface area (TPSA) is 257 Å². The van der Waals surface area contributed by atoms with Crippen molar-refractivity contribution in [2.24, 2.45) is 17.2 Å². The molecule has 0 aromatic carbocycles. The highest BCUT2D eigenvalue weighted by Crippen LogP contribution is 2.06. The van der Waals surface area contributed by atoms with Gasteiger partial charge in [0.25, 0.3) is 0 Å². The van der Waals surface area contributed by atoms with Crippen LogP contribution in [0.25, 0.3) is 0 Å². The quantitative estimate of drug-likeness (QED) is 0.0824. The van der Waals surface area contributed by atoms with Gasteiger partial charge in [-0.25, -0.2) is 4.79 Å². The van der Waals surface area contributed by atoms with Crippen molar-refractivity contribution in [1.82, 2.24) is 16.0 Å². The predicted octanol–water partition coefficient (Wildman–Crippen LogP) is -2.52. The lowest BCUT2D eigenvalue weighted by Gasteiger charge is -2.24. The highest BCUT2D eigenvalue weighted by molar-refractivity contribution is 7.98. The number of carboxylic acid groups (broad SMARTS) is 2. The SMILES string of the molecule is CSCCC(NC(=O)C(CC(N)=O)NC(=O)C(N)CCC(=O)O)C(=O)NC(CCCCN)C(=O)O. The van der Waals surface area contributed by atoms with Gasteiger partial charge in [-0.2, -0.15) is 11.8 Å². The molecule has 0 saturated carbocycles. The molecule has 0 rings (SSSR count). The Balaban J connectivity index is 5.41. The van der Waals surface area contributed by atoms with Gasteiger partial charge in [-0.1, -0.05) is 0 Å². The third kappa shape index (κ3) is 14.2. The number of carbonyl (C=O) groups is 6. The summed E-state index contributed by atoms with van der Waals surface area (Å²) in [6.07, 6.45) is 1.94. The Morgan fingerprint density at radius 1 is 0.829 bits per heavy atom. The number of rotatable bonds is 19. The molecule has 0 aromatic rings. The number of thioether (sulfide) groups is 1. The van der Waals surface area contributed by atoms with Gasteiger partial charge in [0.15, 0.2) is 0 Å². The maximum Gasteiger partial charge on any atom is 0.326 e. The molecule has 0 saturated heterocycles. The average Bonchev–Trinajstić information content (AvgIpc) is 2.78. The van der Waals surface area contributed by atoms with Crippen LogP contribution in [0.2, 0.25) is 0 Å². The van der Waals surface area contributed by atoms with E-state index in [0.29, 0.717) is 25.1 Å². The van der Waals surface area contributed by atoms with Crippen LogP contribution in [-0.4, -0.2) is 88.5 Å². The molecule has 0 spiro atoms. The van der Waals surface area contributed by atoms with E-state index in [1.807, 2.05) is 0 Å². The maximum atomic E-state index is 12.8. The lowest BCUT2D eigenvalue weighted by atomic mass is 10.1. The van der Waals surface area contributed by atoms with Crippen LogP contribution in [0.3, 0.4) is 0 Å². The summed E-state index contributed by atoms with van der Waals surface area (Å²) in [7, 11) is 0. The highest BCUT2D eigenvalue weighted by Gasteiger charge is 2.31. The van der Waals surface area contributed by atoms with Gasteiger partial charge in [-0.15, -0.1) is 0 Å². The van der Waals surface area contributed by atoms with Crippen LogP contribution in [-0.2, 0) is 28.8 Å². The summed E-state index contributed by atoms with van der Waals surface area (Å²) in [6, 6.07) is -5.06. The molecule has 0 fully saturated rings. The van der Waals surface area contributed by atoms with E-state index in [1.54, 1.807) is 6.26 Å². The second-order valence-electron chi connectivity index (χ2n) is 7.80. The number of unbranched alkanes of at least 4 members (excludes halogenated alkanes) is 1. The van der Waals surface area contributed by atoms with Gasteiger partial charge in [-0.3, -0.25) is 24.0 Å². The van der Waals surface area contributed by atoms with E-state index >= 15 is 0 Å². The lowest BCUT2D eigenvalue weighted by molar-refractivity contribution is -0.142. The normalized spacial score (nSPS) is 14.1. The number of primary amides is 1. The molecular weight excluding hydrogens is 484 g/mol. The Kier molecular flexibility index (Phi) is 16.1. The number of carbonyl (C=O) groups excluding carboxylic acids is 4. The van der Waals surface area contributed by atoms with Crippen LogP contribution in [0, 0.1) is 0 Å². The Morgan fingerprint density at radius 2 is 1.40 bits per heavy atom. The number of aliphatic carboxylic acids is 2. The molecule has 4 unspecified atom stereocenters. The first-order valence-electron chi connectivity index (χ1n) is 11.0. The van der Waals surface area contributed by atoms with Gasteiger partial charge < -0.3 is 43.4 Å². The maximum absolute atomic E-state index is 12.8. The molecule has 35 heavy (non-hydrogen) atoms. The monoisotopic (exact) mass is 520 g/mol. The van der Waals surface area contributed by atoms with E-state index in [0.717, 1.165) is 0 Å². The van der Waals surface area contributed by atoms with E-state index in [1.165, 1.54) is 11.8 Å². The largest absolute Gasteiger partial charge is 0.481 e. The van der Waals surface area contributed by atoms with Gasteiger partial charge in [-0.05, 0) is 50.7 Å². The van der Waals surface area contributed by atoms with Crippen LogP contribution in [0.4, 0.5) is 0 Å². The smallest absolute Gasteiger partial charge is 0.326 e. The molecule has 0 aliphatic rings.